The molecule has 0 saturated carbocycles. The van der Waals surface area contributed by atoms with E-state index < -0.39 is 0 Å². The topological polar surface area (TPSA) is 43.1 Å². The SMILES string of the molecule is c1ccc(-c2ccc3ccc4ccc(-c5cccc(-c6c(-c7ccccc7)n7ncc(-c8ccccc8)c7c7ccccc67)c5)nc4c3n2)cc1. The zero-order valence-corrected chi connectivity index (χ0v) is 27.6. The third-order valence-electron chi connectivity index (χ3n) is 9.84. The van der Waals surface area contributed by atoms with Gasteiger partial charge in [0.25, 0.3) is 0 Å². The van der Waals surface area contributed by atoms with Crippen LogP contribution in [0, 0.1) is 0 Å². The molecule has 0 aliphatic heterocycles. The zero-order valence-electron chi connectivity index (χ0n) is 27.6. The summed E-state index contributed by atoms with van der Waals surface area (Å²) >= 11 is 0. The van der Waals surface area contributed by atoms with Crippen LogP contribution in [0.4, 0.5) is 0 Å². The Balaban J connectivity index is 1.20. The van der Waals surface area contributed by atoms with Gasteiger partial charge >= 0.3 is 0 Å². The Morgan fingerprint density at radius 1 is 0.392 bits per heavy atom. The monoisotopic (exact) mass is 650 g/mol. The molecular weight excluding hydrogens is 621 g/mol. The summed E-state index contributed by atoms with van der Waals surface area (Å²) in [5.74, 6) is 0. The fraction of sp³-hybridized carbons (Fsp3) is 0. The minimum atomic E-state index is 0.898. The summed E-state index contributed by atoms with van der Waals surface area (Å²) in [4.78, 5) is 10.4. The van der Waals surface area contributed by atoms with E-state index in [1.54, 1.807) is 0 Å². The molecule has 0 saturated heterocycles. The van der Waals surface area contributed by atoms with Gasteiger partial charge in [0.15, 0.2) is 0 Å². The highest BCUT2D eigenvalue weighted by Gasteiger charge is 2.21. The van der Waals surface area contributed by atoms with Crippen molar-refractivity contribution < 1.29 is 0 Å². The molecule has 0 aliphatic carbocycles. The number of hydrogen-bond donors (Lipinski definition) is 0. The lowest BCUT2D eigenvalue weighted by molar-refractivity contribution is 0.976. The predicted molar refractivity (Wildman–Crippen MR) is 210 cm³/mol. The number of benzene rings is 6. The van der Waals surface area contributed by atoms with Crippen LogP contribution in [-0.2, 0) is 0 Å². The number of pyridine rings is 3. The maximum Gasteiger partial charge on any atom is 0.0972 e. The molecule has 0 fully saturated rings. The molecule has 0 aliphatic rings. The van der Waals surface area contributed by atoms with E-state index in [1.807, 2.05) is 24.4 Å². The number of rotatable bonds is 5. The van der Waals surface area contributed by atoms with Crippen LogP contribution in [0.3, 0.4) is 0 Å². The molecule has 0 radical (unpaired) electrons. The normalized spacial score (nSPS) is 11.5. The van der Waals surface area contributed by atoms with Crippen LogP contribution in [0.5, 0.6) is 0 Å². The van der Waals surface area contributed by atoms with Crippen molar-refractivity contribution in [2.45, 2.75) is 0 Å². The second-order valence-corrected chi connectivity index (χ2v) is 12.9. The van der Waals surface area contributed by atoms with Gasteiger partial charge < -0.3 is 0 Å². The second kappa shape index (κ2) is 11.9. The van der Waals surface area contributed by atoms with Gasteiger partial charge in [-0.3, -0.25) is 0 Å². The molecule has 10 aromatic rings. The van der Waals surface area contributed by atoms with E-state index in [-0.39, 0.29) is 0 Å². The van der Waals surface area contributed by atoms with Crippen molar-refractivity contribution in [3.63, 3.8) is 0 Å². The molecule has 51 heavy (non-hydrogen) atoms. The number of hydrogen-bond acceptors (Lipinski definition) is 3. The summed E-state index contributed by atoms with van der Waals surface area (Å²) in [6.07, 6.45) is 2.00. The van der Waals surface area contributed by atoms with Gasteiger partial charge in [0.2, 0.25) is 0 Å². The Morgan fingerprint density at radius 3 is 1.57 bits per heavy atom. The Kier molecular flexibility index (Phi) is 6.78. The van der Waals surface area contributed by atoms with Gasteiger partial charge in [-0.1, -0.05) is 158 Å². The summed E-state index contributed by atoms with van der Waals surface area (Å²) in [5.41, 5.74) is 13.5. The lowest BCUT2D eigenvalue weighted by Gasteiger charge is -2.18. The smallest absolute Gasteiger partial charge is 0.0972 e. The minimum Gasteiger partial charge on any atom is -0.245 e. The molecule has 0 amide bonds. The highest BCUT2D eigenvalue weighted by atomic mass is 15.2. The van der Waals surface area contributed by atoms with E-state index in [4.69, 9.17) is 15.1 Å². The molecule has 0 atom stereocenters. The molecule has 4 heteroatoms. The second-order valence-electron chi connectivity index (χ2n) is 12.9. The molecule has 4 aromatic heterocycles. The van der Waals surface area contributed by atoms with Crippen molar-refractivity contribution in [2.75, 3.05) is 0 Å². The summed E-state index contributed by atoms with van der Waals surface area (Å²) in [6.45, 7) is 0. The summed E-state index contributed by atoms with van der Waals surface area (Å²) in [6, 6.07) is 61.7. The average Bonchev–Trinajstić information content (AvgIpc) is 3.66. The lowest BCUT2D eigenvalue weighted by Crippen LogP contribution is -2.00. The number of aromatic nitrogens is 4. The first-order valence-electron chi connectivity index (χ1n) is 17.2. The standard InChI is InChI=1S/C47H30N4/c1-4-13-31(14-5-1)40-30-48-51-46(35-17-8-3-9-18-35)43(38-21-10-11-22-39(38)47(40)51)37-20-12-19-36(29-37)42-28-26-34-24-23-33-25-27-41(32-15-6-2-7-16-32)49-44(33)45(34)50-42/h1-30H. The van der Waals surface area contributed by atoms with Crippen LogP contribution in [0.1, 0.15) is 0 Å². The van der Waals surface area contributed by atoms with Gasteiger partial charge in [-0.15, -0.1) is 0 Å². The first kappa shape index (κ1) is 29.0. The lowest BCUT2D eigenvalue weighted by atomic mass is 9.91. The molecular formula is C47H30N4. The van der Waals surface area contributed by atoms with Gasteiger partial charge in [-0.25, -0.2) is 14.5 Å². The van der Waals surface area contributed by atoms with Gasteiger partial charge in [0.1, 0.15) is 0 Å². The van der Waals surface area contributed by atoms with Crippen molar-refractivity contribution in [1.82, 2.24) is 19.6 Å². The van der Waals surface area contributed by atoms with Crippen LogP contribution < -0.4 is 0 Å². The summed E-state index contributed by atoms with van der Waals surface area (Å²) < 4.78 is 2.14. The molecule has 0 spiro atoms. The van der Waals surface area contributed by atoms with Gasteiger partial charge in [0.05, 0.1) is 39.8 Å². The van der Waals surface area contributed by atoms with Crippen LogP contribution in [0.15, 0.2) is 182 Å². The molecule has 0 bridgehead atoms. The Bertz CT molecular complexity index is 2900. The largest absolute Gasteiger partial charge is 0.245 e. The third-order valence-corrected chi connectivity index (χ3v) is 9.84. The van der Waals surface area contributed by atoms with Gasteiger partial charge in [0, 0.05) is 44.0 Å². The highest BCUT2D eigenvalue weighted by molar-refractivity contribution is 6.13. The van der Waals surface area contributed by atoms with Crippen LogP contribution in [0.2, 0.25) is 0 Å². The maximum absolute atomic E-state index is 5.29. The van der Waals surface area contributed by atoms with E-state index >= 15 is 0 Å². The Labute approximate surface area is 295 Å². The third kappa shape index (κ3) is 4.88. The van der Waals surface area contributed by atoms with E-state index in [0.29, 0.717) is 0 Å². The molecule has 0 N–H and O–H groups in total. The average molecular weight is 651 g/mol. The van der Waals surface area contributed by atoms with Crippen molar-refractivity contribution in [3.05, 3.63) is 182 Å². The van der Waals surface area contributed by atoms with Crippen molar-refractivity contribution in [2.24, 2.45) is 0 Å². The Morgan fingerprint density at radius 2 is 0.902 bits per heavy atom. The summed E-state index contributed by atoms with van der Waals surface area (Å²) in [5, 5.41) is 9.55. The van der Waals surface area contributed by atoms with Crippen molar-refractivity contribution in [1.29, 1.82) is 0 Å². The predicted octanol–water partition coefficient (Wildman–Crippen LogP) is 11.9. The molecule has 0 unspecified atom stereocenters. The molecule has 238 valence electrons. The van der Waals surface area contributed by atoms with Gasteiger partial charge in [-0.05, 0) is 34.7 Å². The number of fused-ring (bicyclic) bond motifs is 6. The molecule has 10 rings (SSSR count). The quantitative estimate of drug-likeness (QED) is 0.174. The zero-order chi connectivity index (χ0) is 33.7. The van der Waals surface area contributed by atoms with Crippen LogP contribution >= 0.6 is 0 Å². The maximum atomic E-state index is 5.29. The number of nitrogens with zero attached hydrogens (tertiary/aromatic N) is 4. The van der Waals surface area contributed by atoms with Crippen molar-refractivity contribution >= 4 is 38.1 Å². The Hall–Kier alpha value is -6.91. The van der Waals surface area contributed by atoms with Crippen LogP contribution in [0.25, 0.3) is 94.1 Å². The fourth-order valence-electron chi connectivity index (χ4n) is 7.43. The fourth-order valence-corrected chi connectivity index (χ4v) is 7.43. The molecule has 4 heterocycles. The molecule has 4 nitrogen and oxygen atoms in total. The van der Waals surface area contributed by atoms with Crippen LogP contribution in [-0.4, -0.2) is 19.6 Å². The van der Waals surface area contributed by atoms with Gasteiger partial charge in [-0.2, -0.15) is 5.10 Å². The molecule has 6 aromatic carbocycles. The summed E-state index contributed by atoms with van der Waals surface area (Å²) in [7, 11) is 0. The van der Waals surface area contributed by atoms with Crippen molar-refractivity contribution in [3.8, 4) is 56.0 Å². The minimum absolute atomic E-state index is 0.898. The highest BCUT2D eigenvalue weighted by Crippen LogP contribution is 2.43. The van der Waals surface area contributed by atoms with E-state index in [1.165, 1.54) is 5.39 Å². The van der Waals surface area contributed by atoms with E-state index in [0.717, 1.165) is 88.7 Å². The first-order chi connectivity index (χ1) is 25.3. The first-order valence-corrected chi connectivity index (χ1v) is 17.2. The van der Waals surface area contributed by atoms with E-state index in [9.17, 15) is 0 Å². The van der Waals surface area contributed by atoms with E-state index in [2.05, 4.69) is 162 Å².